The molecule has 1 aliphatic rings. The summed E-state index contributed by atoms with van der Waals surface area (Å²) in [5.74, 6) is 1.13. The maximum atomic E-state index is 11.4. The van der Waals surface area contributed by atoms with Gasteiger partial charge >= 0.3 is 0 Å². The number of aromatic nitrogens is 2. The minimum absolute atomic E-state index is 0.169. The van der Waals surface area contributed by atoms with Crippen LogP contribution < -0.4 is 11.3 Å². The van der Waals surface area contributed by atoms with Crippen molar-refractivity contribution in [2.45, 2.75) is 18.8 Å². The largest absolute Gasteiger partial charge is 0.383 e. The highest BCUT2D eigenvalue weighted by molar-refractivity contribution is 5.39. The van der Waals surface area contributed by atoms with Crippen molar-refractivity contribution in [2.24, 2.45) is 0 Å². The lowest BCUT2D eigenvalue weighted by Crippen LogP contribution is -2.15. The summed E-state index contributed by atoms with van der Waals surface area (Å²) in [5, 5.41) is 0. The number of nitrogens with zero attached hydrogens (tertiary/aromatic N) is 1. The Hall–Kier alpha value is -2.10. The average molecular weight is 227 g/mol. The molecule has 2 aromatic rings. The van der Waals surface area contributed by atoms with E-state index in [0.717, 1.165) is 12.8 Å². The molecule has 4 heteroatoms. The van der Waals surface area contributed by atoms with Gasteiger partial charge in [-0.1, -0.05) is 24.3 Å². The zero-order chi connectivity index (χ0) is 11.8. The molecule has 0 spiro atoms. The summed E-state index contributed by atoms with van der Waals surface area (Å²) in [6.07, 6.45) is 2.01. The summed E-state index contributed by atoms with van der Waals surface area (Å²) >= 11 is 0. The van der Waals surface area contributed by atoms with Crippen molar-refractivity contribution >= 4 is 5.82 Å². The molecule has 4 nitrogen and oxygen atoms in total. The SMILES string of the molecule is Nc1cc(=O)[nH]c(C2CCc3ccccc32)n1. The Kier molecular flexibility index (Phi) is 2.21. The van der Waals surface area contributed by atoms with Crippen molar-refractivity contribution in [3.8, 4) is 0 Å². The Bertz CT molecular complexity index is 618. The molecule has 0 fully saturated rings. The van der Waals surface area contributed by atoms with Crippen LogP contribution in [0.4, 0.5) is 5.82 Å². The number of rotatable bonds is 1. The van der Waals surface area contributed by atoms with Crippen LogP contribution in [-0.2, 0) is 6.42 Å². The van der Waals surface area contributed by atoms with Crippen LogP contribution in [0, 0.1) is 0 Å². The van der Waals surface area contributed by atoms with Crippen molar-refractivity contribution in [3.05, 3.63) is 57.6 Å². The Morgan fingerprint density at radius 3 is 3.00 bits per heavy atom. The lowest BCUT2D eigenvalue weighted by atomic mass is 10.0. The molecular weight excluding hydrogens is 214 g/mol. The number of aromatic amines is 1. The van der Waals surface area contributed by atoms with Gasteiger partial charge in [-0.2, -0.15) is 0 Å². The fourth-order valence-electron chi connectivity index (χ4n) is 2.50. The van der Waals surface area contributed by atoms with E-state index in [1.54, 1.807) is 0 Å². The zero-order valence-electron chi connectivity index (χ0n) is 9.31. The molecule has 1 aromatic carbocycles. The first-order valence-electron chi connectivity index (χ1n) is 5.68. The number of aryl methyl sites for hydroxylation is 1. The molecule has 1 aromatic heterocycles. The number of nitrogens with two attached hydrogens (primary N) is 1. The van der Waals surface area contributed by atoms with E-state index in [1.807, 2.05) is 12.1 Å². The number of hydrogen-bond acceptors (Lipinski definition) is 3. The predicted octanol–water partition coefficient (Wildman–Crippen LogP) is 1.43. The van der Waals surface area contributed by atoms with E-state index in [0.29, 0.717) is 5.82 Å². The summed E-state index contributed by atoms with van der Waals surface area (Å²) in [6, 6.07) is 9.58. The van der Waals surface area contributed by atoms with E-state index in [-0.39, 0.29) is 17.3 Å². The number of H-pyrrole nitrogens is 1. The minimum atomic E-state index is -0.183. The van der Waals surface area contributed by atoms with E-state index >= 15 is 0 Å². The minimum Gasteiger partial charge on any atom is -0.383 e. The van der Waals surface area contributed by atoms with Gasteiger partial charge in [0.15, 0.2) is 0 Å². The van der Waals surface area contributed by atoms with Gasteiger partial charge in [-0.05, 0) is 24.0 Å². The molecule has 1 unspecified atom stereocenters. The van der Waals surface area contributed by atoms with E-state index in [2.05, 4.69) is 22.1 Å². The van der Waals surface area contributed by atoms with Crippen molar-refractivity contribution in [1.29, 1.82) is 0 Å². The van der Waals surface area contributed by atoms with Crippen LogP contribution in [0.1, 0.15) is 29.3 Å². The zero-order valence-corrected chi connectivity index (χ0v) is 9.31. The van der Waals surface area contributed by atoms with E-state index in [1.165, 1.54) is 17.2 Å². The molecule has 1 atom stereocenters. The Morgan fingerprint density at radius 2 is 2.18 bits per heavy atom. The lowest BCUT2D eigenvalue weighted by molar-refractivity contribution is 0.725. The van der Waals surface area contributed by atoms with Crippen LogP contribution in [0.3, 0.4) is 0 Å². The lowest BCUT2D eigenvalue weighted by Gasteiger charge is -2.10. The standard InChI is InChI=1S/C13H13N3O/c14-11-7-12(17)16-13(15-11)10-6-5-8-3-1-2-4-9(8)10/h1-4,7,10H,5-6H2,(H3,14,15,16,17). The average Bonchev–Trinajstić information content (AvgIpc) is 2.71. The maximum Gasteiger partial charge on any atom is 0.252 e. The quantitative estimate of drug-likeness (QED) is 0.774. The van der Waals surface area contributed by atoms with Gasteiger partial charge in [0.05, 0.1) is 0 Å². The molecular formula is C13H13N3O. The number of nitrogens with one attached hydrogen (secondary N) is 1. The Labute approximate surface area is 98.5 Å². The van der Waals surface area contributed by atoms with Crippen LogP contribution in [0.25, 0.3) is 0 Å². The molecule has 3 N–H and O–H groups in total. The summed E-state index contributed by atoms with van der Waals surface area (Å²) in [6.45, 7) is 0. The number of benzene rings is 1. The first-order chi connectivity index (χ1) is 8.24. The van der Waals surface area contributed by atoms with Gasteiger partial charge in [0, 0.05) is 12.0 Å². The third kappa shape index (κ3) is 1.71. The third-order valence-electron chi connectivity index (χ3n) is 3.24. The fourth-order valence-corrected chi connectivity index (χ4v) is 2.50. The normalized spacial score (nSPS) is 18.0. The van der Waals surface area contributed by atoms with Crippen LogP contribution in [0.15, 0.2) is 35.1 Å². The molecule has 17 heavy (non-hydrogen) atoms. The first kappa shape index (κ1) is 10.1. The van der Waals surface area contributed by atoms with Crippen LogP contribution in [0.2, 0.25) is 0 Å². The molecule has 1 heterocycles. The van der Waals surface area contributed by atoms with Gasteiger partial charge in [0.2, 0.25) is 0 Å². The van der Waals surface area contributed by atoms with Gasteiger partial charge in [-0.15, -0.1) is 0 Å². The number of fused-ring (bicyclic) bond motifs is 1. The molecule has 1 aliphatic carbocycles. The van der Waals surface area contributed by atoms with Gasteiger partial charge < -0.3 is 10.7 Å². The molecule has 0 amide bonds. The summed E-state index contributed by atoms with van der Waals surface area (Å²) in [5.41, 5.74) is 8.02. The highest BCUT2D eigenvalue weighted by atomic mass is 16.1. The highest BCUT2D eigenvalue weighted by Gasteiger charge is 2.25. The molecule has 0 radical (unpaired) electrons. The van der Waals surface area contributed by atoms with E-state index in [9.17, 15) is 4.79 Å². The van der Waals surface area contributed by atoms with Gasteiger partial charge in [-0.3, -0.25) is 4.79 Å². The van der Waals surface area contributed by atoms with Crippen molar-refractivity contribution in [2.75, 3.05) is 5.73 Å². The monoisotopic (exact) mass is 227 g/mol. The molecule has 0 saturated carbocycles. The third-order valence-corrected chi connectivity index (χ3v) is 3.24. The number of anilines is 1. The molecule has 0 aliphatic heterocycles. The molecule has 3 rings (SSSR count). The predicted molar refractivity (Wildman–Crippen MR) is 65.9 cm³/mol. The number of nitrogen functional groups attached to an aromatic ring is 1. The molecule has 86 valence electrons. The van der Waals surface area contributed by atoms with E-state index < -0.39 is 0 Å². The van der Waals surface area contributed by atoms with Crippen molar-refractivity contribution in [1.82, 2.24) is 9.97 Å². The van der Waals surface area contributed by atoms with Gasteiger partial charge in [0.25, 0.3) is 5.56 Å². The van der Waals surface area contributed by atoms with Gasteiger partial charge in [0.1, 0.15) is 11.6 Å². The van der Waals surface area contributed by atoms with Crippen LogP contribution in [-0.4, -0.2) is 9.97 Å². The summed E-state index contributed by atoms with van der Waals surface area (Å²) in [4.78, 5) is 18.4. The highest BCUT2D eigenvalue weighted by Crippen LogP contribution is 2.35. The summed E-state index contributed by atoms with van der Waals surface area (Å²) in [7, 11) is 0. The van der Waals surface area contributed by atoms with Crippen molar-refractivity contribution in [3.63, 3.8) is 0 Å². The first-order valence-corrected chi connectivity index (χ1v) is 5.68. The molecule has 0 bridgehead atoms. The summed E-state index contributed by atoms with van der Waals surface area (Å²) < 4.78 is 0. The Balaban J connectivity index is 2.10. The number of hydrogen-bond donors (Lipinski definition) is 2. The van der Waals surface area contributed by atoms with Crippen LogP contribution >= 0.6 is 0 Å². The second-order valence-corrected chi connectivity index (χ2v) is 4.35. The maximum absolute atomic E-state index is 11.4. The smallest absolute Gasteiger partial charge is 0.252 e. The Morgan fingerprint density at radius 1 is 1.35 bits per heavy atom. The van der Waals surface area contributed by atoms with Gasteiger partial charge in [-0.25, -0.2) is 4.98 Å². The topological polar surface area (TPSA) is 71.8 Å². The van der Waals surface area contributed by atoms with Crippen molar-refractivity contribution < 1.29 is 0 Å². The van der Waals surface area contributed by atoms with E-state index in [4.69, 9.17) is 5.73 Å². The fraction of sp³-hybridized carbons (Fsp3) is 0.231. The second kappa shape index (κ2) is 3.73. The van der Waals surface area contributed by atoms with Crippen LogP contribution in [0.5, 0.6) is 0 Å². The second-order valence-electron chi connectivity index (χ2n) is 4.35. The molecule has 0 saturated heterocycles.